The summed E-state index contributed by atoms with van der Waals surface area (Å²) < 4.78 is 0. The number of pyridine rings is 1. The van der Waals surface area contributed by atoms with Crippen LogP contribution in [0.2, 0.25) is 0 Å². The van der Waals surface area contributed by atoms with Gasteiger partial charge < -0.3 is 5.32 Å². The molecule has 5 nitrogen and oxygen atoms in total. The molecule has 5 heteroatoms. The first-order valence-corrected chi connectivity index (χ1v) is 6.35. The summed E-state index contributed by atoms with van der Waals surface area (Å²) in [6, 6.07) is 7.07. The van der Waals surface area contributed by atoms with Gasteiger partial charge in [-0.05, 0) is 31.9 Å². The highest BCUT2D eigenvalue weighted by Gasteiger charge is 2.15. The number of anilines is 1. The molecule has 104 valence electrons. The van der Waals surface area contributed by atoms with Crippen molar-refractivity contribution in [1.82, 2.24) is 4.98 Å². The second-order valence-corrected chi connectivity index (χ2v) is 4.88. The summed E-state index contributed by atoms with van der Waals surface area (Å²) in [4.78, 5) is 15.1. The fraction of sp³-hybridized carbons (Fsp3) is 0.267. The Labute approximate surface area is 117 Å². The van der Waals surface area contributed by atoms with Crippen molar-refractivity contribution >= 4 is 11.5 Å². The van der Waals surface area contributed by atoms with E-state index in [4.69, 9.17) is 0 Å². The van der Waals surface area contributed by atoms with Crippen LogP contribution in [0.15, 0.2) is 24.3 Å². The monoisotopic (exact) mass is 271 g/mol. The van der Waals surface area contributed by atoms with Crippen LogP contribution in [0.5, 0.6) is 0 Å². The smallest absolute Gasteiger partial charge is 0.275 e. The Morgan fingerprint density at radius 3 is 2.20 bits per heavy atom. The highest BCUT2D eigenvalue weighted by molar-refractivity contribution is 5.71. The first-order chi connectivity index (χ1) is 9.42. The Bertz CT molecular complexity index is 658. The van der Waals surface area contributed by atoms with Gasteiger partial charge in [0.15, 0.2) is 0 Å². The Morgan fingerprint density at radius 1 is 1.10 bits per heavy atom. The summed E-state index contributed by atoms with van der Waals surface area (Å²) in [5, 5.41) is 13.9. The Morgan fingerprint density at radius 2 is 1.70 bits per heavy atom. The Kier molecular flexibility index (Phi) is 3.70. The summed E-state index contributed by atoms with van der Waals surface area (Å²) in [7, 11) is 1.70. The van der Waals surface area contributed by atoms with Gasteiger partial charge >= 0.3 is 0 Å². The second kappa shape index (κ2) is 5.28. The number of hydrogen-bond acceptors (Lipinski definition) is 4. The largest absolute Gasteiger partial charge is 0.373 e. The summed E-state index contributed by atoms with van der Waals surface area (Å²) in [6.45, 7) is 6.02. The van der Waals surface area contributed by atoms with Gasteiger partial charge in [0.2, 0.25) is 0 Å². The van der Waals surface area contributed by atoms with Crippen molar-refractivity contribution in [3.8, 4) is 11.3 Å². The van der Waals surface area contributed by atoms with Crippen LogP contribution in [0, 0.1) is 30.9 Å². The number of hydrogen-bond donors (Lipinski definition) is 1. The number of rotatable bonds is 3. The zero-order valence-electron chi connectivity index (χ0n) is 12.0. The molecule has 0 spiro atoms. The molecule has 0 fully saturated rings. The van der Waals surface area contributed by atoms with E-state index < -0.39 is 4.92 Å². The van der Waals surface area contributed by atoms with Crippen molar-refractivity contribution in [3.63, 3.8) is 0 Å². The molecule has 0 amide bonds. The maximum Gasteiger partial charge on any atom is 0.275 e. The lowest BCUT2D eigenvalue weighted by molar-refractivity contribution is -0.384. The maximum atomic E-state index is 11.0. The van der Waals surface area contributed by atoms with E-state index in [0.29, 0.717) is 11.5 Å². The molecule has 0 radical (unpaired) electrons. The predicted molar refractivity (Wildman–Crippen MR) is 80.1 cm³/mol. The van der Waals surface area contributed by atoms with E-state index >= 15 is 0 Å². The molecule has 0 bridgehead atoms. The van der Waals surface area contributed by atoms with Gasteiger partial charge in [-0.1, -0.05) is 17.7 Å². The molecule has 1 N–H and O–H groups in total. The van der Waals surface area contributed by atoms with Gasteiger partial charge in [-0.3, -0.25) is 10.1 Å². The number of aryl methyl sites for hydroxylation is 3. The van der Waals surface area contributed by atoms with Crippen LogP contribution >= 0.6 is 0 Å². The third-order valence-corrected chi connectivity index (χ3v) is 3.21. The molecule has 2 aromatic rings. The van der Waals surface area contributed by atoms with Crippen molar-refractivity contribution in [2.45, 2.75) is 20.8 Å². The van der Waals surface area contributed by atoms with Crippen molar-refractivity contribution in [1.29, 1.82) is 0 Å². The minimum Gasteiger partial charge on any atom is -0.373 e. The van der Waals surface area contributed by atoms with E-state index in [2.05, 4.69) is 22.4 Å². The number of nitrogens with zero attached hydrogens (tertiary/aromatic N) is 2. The zero-order valence-corrected chi connectivity index (χ0v) is 12.0. The number of nitro groups is 1. The van der Waals surface area contributed by atoms with Crippen molar-refractivity contribution < 1.29 is 4.92 Å². The minimum absolute atomic E-state index is 0.0405. The van der Waals surface area contributed by atoms with E-state index in [9.17, 15) is 10.1 Å². The lowest BCUT2D eigenvalue weighted by Gasteiger charge is -2.12. The number of aromatic nitrogens is 1. The van der Waals surface area contributed by atoms with Gasteiger partial charge in [0, 0.05) is 18.7 Å². The summed E-state index contributed by atoms with van der Waals surface area (Å²) >= 11 is 0. The molecule has 0 saturated carbocycles. The molecule has 0 aliphatic carbocycles. The third kappa shape index (κ3) is 2.61. The quantitative estimate of drug-likeness (QED) is 0.683. The topological polar surface area (TPSA) is 68.1 Å². The van der Waals surface area contributed by atoms with E-state index in [1.54, 1.807) is 7.05 Å². The molecular weight excluding hydrogens is 254 g/mol. The van der Waals surface area contributed by atoms with Crippen molar-refractivity contribution in [2.24, 2.45) is 0 Å². The van der Waals surface area contributed by atoms with E-state index in [-0.39, 0.29) is 5.69 Å². The van der Waals surface area contributed by atoms with Crippen LogP contribution in [0.3, 0.4) is 0 Å². The van der Waals surface area contributed by atoms with E-state index in [1.807, 2.05) is 20.8 Å². The number of benzene rings is 1. The van der Waals surface area contributed by atoms with Crippen LogP contribution in [0.4, 0.5) is 11.5 Å². The van der Waals surface area contributed by atoms with Gasteiger partial charge in [-0.15, -0.1) is 0 Å². The fourth-order valence-electron chi connectivity index (χ4n) is 2.46. The van der Waals surface area contributed by atoms with Gasteiger partial charge in [-0.25, -0.2) is 4.98 Å². The first kappa shape index (κ1) is 14.0. The SMILES string of the molecule is CNc1cc([N+](=O)[O-])cc(-c2c(C)cc(C)cc2C)n1. The second-order valence-electron chi connectivity index (χ2n) is 4.88. The zero-order chi connectivity index (χ0) is 14.9. The standard InChI is InChI=1S/C15H17N3O2/c1-9-5-10(2)15(11(3)6-9)13-7-12(18(19)20)8-14(16-4)17-13/h5-8H,1-4H3,(H,16,17). The fourth-order valence-corrected chi connectivity index (χ4v) is 2.46. The predicted octanol–water partition coefficient (Wildman–Crippen LogP) is 3.62. The van der Waals surface area contributed by atoms with Crippen molar-refractivity contribution in [2.75, 3.05) is 12.4 Å². The lowest BCUT2D eigenvalue weighted by Crippen LogP contribution is -1.99. The molecule has 0 unspecified atom stereocenters. The van der Waals surface area contributed by atoms with Gasteiger partial charge in [0.05, 0.1) is 16.7 Å². The molecule has 2 rings (SSSR count). The van der Waals surface area contributed by atoms with Gasteiger partial charge in [-0.2, -0.15) is 0 Å². The highest BCUT2D eigenvalue weighted by Crippen LogP contribution is 2.30. The minimum atomic E-state index is -0.398. The van der Waals surface area contributed by atoms with Crippen LogP contribution < -0.4 is 5.32 Å². The Hall–Kier alpha value is -2.43. The first-order valence-electron chi connectivity index (χ1n) is 6.35. The molecule has 0 atom stereocenters. The average Bonchev–Trinajstić information content (AvgIpc) is 2.37. The number of nitrogens with one attached hydrogen (secondary N) is 1. The summed E-state index contributed by atoms with van der Waals surface area (Å²) in [5.41, 5.74) is 4.92. The normalized spacial score (nSPS) is 10.4. The molecular formula is C15H17N3O2. The molecule has 1 heterocycles. The summed E-state index contributed by atoms with van der Waals surface area (Å²) in [5.74, 6) is 0.494. The molecule has 0 aliphatic rings. The average molecular weight is 271 g/mol. The molecule has 0 saturated heterocycles. The van der Waals surface area contributed by atoms with Crippen LogP contribution in [-0.4, -0.2) is 17.0 Å². The van der Waals surface area contributed by atoms with Crippen LogP contribution in [0.25, 0.3) is 11.3 Å². The van der Waals surface area contributed by atoms with Crippen molar-refractivity contribution in [3.05, 3.63) is 51.1 Å². The van der Waals surface area contributed by atoms with Gasteiger partial charge in [0.25, 0.3) is 5.69 Å². The maximum absolute atomic E-state index is 11.0. The third-order valence-electron chi connectivity index (χ3n) is 3.21. The Balaban J connectivity index is 2.69. The molecule has 20 heavy (non-hydrogen) atoms. The molecule has 0 aliphatic heterocycles. The molecule has 1 aromatic heterocycles. The van der Waals surface area contributed by atoms with Crippen LogP contribution in [-0.2, 0) is 0 Å². The van der Waals surface area contributed by atoms with Crippen LogP contribution in [0.1, 0.15) is 16.7 Å². The van der Waals surface area contributed by atoms with Gasteiger partial charge in [0.1, 0.15) is 5.82 Å². The summed E-state index contributed by atoms with van der Waals surface area (Å²) in [6.07, 6.45) is 0. The van der Waals surface area contributed by atoms with E-state index in [1.165, 1.54) is 17.7 Å². The van der Waals surface area contributed by atoms with E-state index in [0.717, 1.165) is 16.7 Å². The molecule has 1 aromatic carbocycles. The highest BCUT2D eigenvalue weighted by atomic mass is 16.6. The lowest BCUT2D eigenvalue weighted by atomic mass is 9.97.